The molecule has 136 valence electrons. The van der Waals surface area contributed by atoms with Crippen molar-refractivity contribution in [3.8, 4) is 5.75 Å². The lowest BCUT2D eigenvalue weighted by Crippen LogP contribution is -2.43. The van der Waals surface area contributed by atoms with E-state index < -0.39 is 5.60 Å². The second-order valence-electron chi connectivity index (χ2n) is 6.97. The Labute approximate surface area is 146 Å². The fraction of sp³-hybridized carbons (Fsp3) is 0.650. The third kappa shape index (κ3) is 6.16. The number of aryl methyl sites for hydroxylation is 1. The number of hydrogen-bond acceptors (Lipinski definition) is 3. The van der Waals surface area contributed by atoms with Crippen molar-refractivity contribution in [1.82, 2.24) is 0 Å². The fourth-order valence-electron chi connectivity index (χ4n) is 2.46. The standard InChI is InChI=1S/C20H33NO3/c1-7-11-20(6,24-12-8-2)19(22)21-17-9-10-18(16(5)13-17)23-14-15(3)4/h9-10,13,15H,7-8,11-12,14H2,1-6H3,(H,21,22). The van der Waals surface area contributed by atoms with E-state index in [1.807, 2.05) is 39.0 Å². The van der Waals surface area contributed by atoms with Crippen molar-refractivity contribution in [2.75, 3.05) is 18.5 Å². The van der Waals surface area contributed by atoms with Crippen LogP contribution in [0.2, 0.25) is 0 Å². The molecule has 0 aliphatic rings. The molecule has 4 heteroatoms. The molecular formula is C20H33NO3. The summed E-state index contributed by atoms with van der Waals surface area (Å²) in [5, 5.41) is 2.99. The Bertz CT molecular complexity index is 528. The van der Waals surface area contributed by atoms with Crippen LogP contribution in [0, 0.1) is 12.8 Å². The predicted molar refractivity (Wildman–Crippen MR) is 99.7 cm³/mol. The molecule has 1 amide bonds. The minimum absolute atomic E-state index is 0.0898. The molecule has 0 radical (unpaired) electrons. The summed E-state index contributed by atoms with van der Waals surface area (Å²) >= 11 is 0. The first-order chi connectivity index (χ1) is 11.3. The highest BCUT2D eigenvalue weighted by Gasteiger charge is 2.33. The molecule has 0 heterocycles. The zero-order valence-electron chi connectivity index (χ0n) is 16.1. The van der Waals surface area contributed by atoms with Crippen LogP contribution in [-0.2, 0) is 9.53 Å². The van der Waals surface area contributed by atoms with Crippen molar-refractivity contribution < 1.29 is 14.3 Å². The first-order valence-electron chi connectivity index (χ1n) is 9.01. The maximum atomic E-state index is 12.7. The summed E-state index contributed by atoms with van der Waals surface area (Å²) in [6.07, 6.45) is 2.50. The average molecular weight is 335 g/mol. The molecule has 1 N–H and O–H groups in total. The van der Waals surface area contributed by atoms with E-state index in [0.29, 0.717) is 25.6 Å². The number of rotatable bonds is 10. The van der Waals surface area contributed by atoms with Gasteiger partial charge in [0.05, 0.1) is 6.61 Å². The van der Waals surface area contributed by atoms with E-state index in [1.165, 1.54) is 0 Å². The second kappa shape index (κ2) is 9.67. The van der Waals surface area contributed by atoms with E-state index in [2.05, 4.69) is 26.1 Å². The van der Waals surface area contributed by atoms with Gasteiger partial charge in [0.2, 0.25) is 0 Å². The maximum Gasteiger partial charge on any atom is 0.256 e. The van der Waals surface area contributed by atoms with E-state index in [9.17, 15) is 4.79 Å². The Kier molecular flexibility index (Phi) is 8.26. The Morgan fingerprint density at radius 2 is 1.96 bits per heavy atom. The van der Waals surface area contributed by atoms with Crippen LogP contribution in [0.3, 0.4) is 0 Å². The number of benzene rings is 1. The molecule has 0 saturated heterocycles. The Morgan fingerprint density at radius 1 is 1.25 bits per heavy atom. The number of hydrogen-bond donors (Lipinski definition) is 1. The molecule has 0 spiro atoms. The van der Waals surface area contributed by atoms with Crippen LogP contribution in [0.4, 0.5) is 5.69 Å². The quantitative estimate of drug-likeness (QED) is 0.658. The van der Waals surface area contributed by atoms with Gasteiger partial charge in [-0.15, -0.1) is 0 Å². The van der Waals surface area contributed by atoms with Gasteiger partial charge in [-0.2, -0.15) is 0 Å². The summed E-state index contributed by atoms with van der Waals surface area (Å²) in [6.45, 7) is 13.5. The molecule has 0 saturated carbocycles. The van der Waals surface area contributed by atoms with Crippen molar-refractivity contribution in [1.29, 1.82) is 0 Å². The topological polar surface area (TPSA) is 47.6 Å². The van der Waals surface area contributed by atoms with Gasteiger partial charge in [-0.05, 0) is 56.4 Å². The van der Waals surface area contributed by atoms with Crippen molar-refractivity contribution in [2.45, 2.75) is 66.4 Å². The van der Waals surface area contributed by atoms with Crippen LogP contribution in [0.25, 0.3) is 0 Å². The van der Waals surface area contributed by atoms with Crippen LogP contribution in [0.5, 0.6) is 5.75 Å². The van der Waals surface area contributed by atoms with E-state index in [-0.39, 0.29) is 5.91 Å². The van der Waals surface area contributed by atoms with Gasteiger partial charge in [-0.3, -0.25) is 4.79 Å². The van der Waals surface area contributed by atoms with Crippen LogP contribution < -0.4 is 10.1 Å². The molecule has 0 aliphatic carbocycles. The largest absolute Gasteiger partial charge is 0.493 e. The Morgan fingerprint density at radius 3 is 2.50 bits per heavy atom. The van der Waals surface area contributed by atoms with Gasteiger partial charge in [0.1, 0.15) is 11.4 Å². The number of amides is 1. The molecule has 24 heavy (non-hydrogen) atoms. The highest BCUT2D eigenvalue weighted by atomic mass is 16.5. The van der Waals surface area contributed by atoms with Gasteiger partial charge < -0.3 is 14.8 Å². The molecule has 1 aromatic rings. The van der Waals surface area contributed by atoms with E-state index in [4.69, 9.17) is 9.47 Å². The molecule has 1 rings (SSSR count). The van der Waals surface area contributed by atoms with Crippen LogP contribution in [0.15, 0.2) is 18.2 Å². The number of anilines is 1. The molecule has 4 nitrogen and oxygen atoms in total. The summed E-state index contributed by atoms with van der Waals surface area (Å²) in [5.41, 5.74) is 1.00. The number of carbonyl (C=O) groups excluding carboxylic acids is 1. The molecular weight excluding hydrogens is 302 g/mol. The van der Waals surface area contributed by atoms with Crippen molar-refractivity contribution in [3.05, 3.63) is 23.8 Å². The van der Waals surface area contributed by atoms with Crippen molar-refractivity contribution in [3.63, 3.8) is 0 Å². The SMILES string of the molecule is CCCOC(C)(CCC)C(=O)Nc1ccc(OCC(C)C)c(C)c1. The molecule has 1 atom stereocenters. The van der Waals surface area contributed by atoms with Gasteiger partial charge in [0.25, 0.3) is 5.91 Å². The first-order valence-corrected chi connectivity index (χ1v) is 9.01. The summed E-state index contributed by atoms with van der Waals surface area (Å²) in [4.78, 5) is 12.7. The third-order valence-electron chi connectivity index (χ3n) is 3.84. The lowest BCUT2D eigenvalue weighted by molar-refractivity contribution is -0.140. The van der Waals surface area contributed by atoms with Crippen molar-refractivity contribution in [2.24, 2.45) is 5.92 Å². The zero-order valence-corrected chi connectivity index (χ0v) is 16.1. The Hall–Kier alpha value is -1.55. The highest BCUT2D eigenvalue weighted by molar-refractivity contribution is 5.97. The minimum Gasteiger partial charge on any atom is -0.493 e. The summed E-state index contributed by atoms with van der Waals surface area (Å²) in [6, 6.07) is 5.74. The van der Waals surface area contributed by atoms with Gasteiger partial charge >= 0.3 is 0 Å². The smallest absolute Gasteiger partial charge is 0.256 e. The molecule has 0 fully saturated rings. The average Bonchev–Trinajstić information content (AvgIpc) is 2.52. The van der Waals surface area contributed by atoms with E-state index in [0.717, 1.165) is 29.8 Å². The molecule has 1 aromatic carbocycles. The zero-order chi connectivity index (χ0) is 18.2. The van der Waals surface area contributed by atoms with Crippen LogP contribution >= 0.6 is 0 Å². The highest BCUT2D eigenvalue weighted by Crippen LogP contribution is 2.25. The lowest BCUT2D eigenvalue weighted by Gasteiger charge is -2.28. The van der Waals surface area contributed by atoms with Crippen LogP contribution in [0.1, 0.15) is 59.4 Å². The van der Waals surface area contributed by atoms with Gasteiger partial charge in [0, 0.05) is 12.3 Å². The summed E-state index contributed by atoms with van der Waals surface area (Å²) < 4.78 is 11.6. The number of ether oxygens (including phenoxy) is 2. The normalized spacial score (nSPS) is 13.6. The fourth-order valence-corrected chi connectivity index (χ4v) is 2.46. The summed E-state index contributed by atoms with van der Waals surface area (Å²) in [5.74, 6) is 1.25. The molecule has 0 aromatic heterocycles. The lowest BCUT2D eigenvalue weighted by atomic mass is 9.98. The van der Waals surface area contributed by atoms with E-state index >= 15 is 0 Å². The maximum absolute atomic E-state index is 12.7. The van der Waals surface area contributed by atoms with Crippen molar-refractivity contribution >= 4 is 11.6 Å². The van der Waals surface area contributed by atoms with E-state index in [1.54, 1.807) is 0 Å². The number of carbonyl (C=O) groups is 1. The second-order valence-corrected chi connectivity index (χ2v) is 6.97. The first kappa shape index (κ1) is 20.5. The molecule has 0 bridgehead atoms. The Balaban J connectivity index is 2.79. The predicted octanol–water partition coefficient (Wildman–Crippen LogP) is 4.95. The summed E-state index contributed by atoms with van der Waals surface area (Å²) in [7, 11) is 0. The molecule has 1 unspecified atom stereocenters. The van der Waals surface area contributed by atoms with Gasteiger partial charge in [-0.1, -0.05) is 34.1 Å². The monoisotopic (exact) mass is 335 g/mol. The third-order valence-corrected chi connectivity index (χ3v) is 3.84. The molecule has 0 aliphatic heterocycles. The number of nitrogens with one attached hydrogen (secondary N) is 1. The van der Waals surface area contributed by atoms with Gasteiger partial charge in [-0.25, -0.2) is 0 Å². The minimum atomic E-state index is -0.786. The van der Waals surface area contributed by atoms with Gasteiger partial charge in [0.15, 0.2) is 0 Å². The van der Waals surface area contributed by atoms with Crippen LogP contribution in [-0.4, -0.2) is 24.7 Å².